The van der Waals surface area contributed by atoms with E-state index in [0.29, 0.717) is 11.6 Å². The summed E-state index contributed by atoms with van der Waals surface area (Å²) >= 11 is 0. The van der Waals surface area contributed by atoms with Crippen LogP contribution < -0.4 is 5.56 Å². The Morgan fingerprint density at radius 3 is 2.52 bits per heavy atom. The number of H-pyrrole nitrogens is 1. The van der Waals surface area contributed by atoms with Gasteiger partial charge in [0.05, 0.1) is 12.7 Å². The molecule has 0 saturated carbocycles. The fraction of sp³-hybridized carbons (Fsp3) is 0.250. The summed E-state index contributed by atoms with van der Waals surface area (Å²) in [6.07, 6.45) is 3.09. The van der Waals surface area contributed by atoms with E-state index in [9.17, 15) is 9.59 Å². The standard InChI is InChI=1S/C12H12N6O3/c1-6-13-14-7(2)18(6)17-4-8-10(15-16-11(8)19)9(5-17)12(20)21-3/h4-5H,1-3H3,(H,16,19). The van der Waals surface area contributed by atoms with Crippen molar-refractivity contribution in [3.05, 3.63) is 40.0 Å². The van der Waals surface area contributed by atoms with E-state index < -0.39 is 5.97 Å². The van der Waals surface area contributed by atoms with Crippen LogP contribution in [-0.2, 0) is 4.74 Å². The Morgan fingerprint density at radius 2 is 1.90 bits per heavy atom. The molecule has 0 amide bonds. The smallest absolute Gasteiger partial charge is 0.341 e. The predicted octanol–water partition coefficient (Wildman–Crippen LogP) is -0.0175. The van der Waals surface area contributed by atoms with Crippen LogP contribution in [0.3, 0.4) is 0 Å². The van der Waals surface area contributed by atoms with Crippen molar-refractivity contribution in [2.45, 2.75) is 13.8 Å². The highest BCUT2D eigenvalue weighted by molar-refractivity contribution is 5.95. The summed E-state index contributed by atoms with van der Waals surface area (Å²) in [4.78, 5) is 23.7. The van der Waals surface area contributed by atoms with Crippen molar-refractivity contribution in [3.8, 4) is 11.3 Å². The van der Waals surface area contributed by atoms with E-state index >= 15 is 0 Å². The number of ether oxygens (including phenoxy) is 1. The van der Waals surface area contributed by atoms with Gasteiger partial charge in [-0.05, 0) is 13.8 Å². The van der Waals surface area contributed by atoms with Crippen molar-refractivity contribution in [3.63, 3.8) is 0 Å². The second-order valence-electron chi connectivity index (χ2n) is 4.46. The van der Waals surface area contributed by atoms with E-state index in [-0.39, 0.29) is 22.4 Å². The van der Waals surface area contributed by atoms with E-state index in [0.717, 1.165) is 0 Å². The lowest BCUT2D eigenvalue weighted by Gasteiger charge is -2.14. The Labute approximate surface area is 118 Å². The average molecular weight is 288 g/mol. The predicted molar refractivity (Wildman–Crippen MR) is 71.1 cm³/mol. The van der Waals surface area contributed by atoms with Crippen LogP contribution in [0.5, 0.6) is 0 Å². The van der Waals surface area contributed by atoms with E-state index in [2.05, 4.69) is 20.4 Å². The van der Waals surface area contributed by atoms with E-state index in [4.69, 9.17) is 4.74 Å². The van der Waals surface area contributed by atoms with E-state index in [1.54, 1.807) is 29.4 Å². The highest BCUT2D eigenvalue weighted by Gasteiger charge is 2.23. The SMILES string of the molecule is COC(=O)c1cn(-n2c(C)nnc2C)cc2c(=O)[nH]nc1-2. The lowest BCUT2D eigenvalue weighted by Crippen LogP contribution is -2.18. The van der Waals surface area contributed by atoms with Gasteiger partial charge in [-0.3, -0.25) is 9.47 Å². The zero-order valence-electron chi connectivity index (χ0n) is 11.6. The Bertz CT molecular complexity index is 839. The molecule has 108 valence electrons. The van der Waals surface area contributed by atoms with Crippen LogP contribution >= 0.6 is 0 Å². The first-order chi connectivity index (χ1) is 10.0. The number of hydrogen-bond donors (Lipinski definition) is 1. The van der Waals surface area contributed by atoms with Gasteiger partial charge in [0.2, 0.25) is 0 Å². The summed E-state index contributed by atoms with van der Waals surface area (Å²) in [5.41, 5.74) is 0.352. The van der Waals surface area contributed by atoms with Gasteiger partial charge in [0, 0.05) is 12.4 Å². The third-order valence-electron chi connectivity index (χ3n) is 3.14. The summed E-state index contributed by atoms with van der Waals surface area (Å²) in [6.45, 7) is 3.53. The maximum absolute atomic E-state index is 11.9. The molecule has 9 nitrogen and oxygen atoms in total. The first-order valence-electron chi connectivity index (χ1n) is 6.11. The Morgan fingerprint density at radius 1 is 1.24 bits per heavy atom. The van der Waals surface area contributed by atoms with Crippen molar-refractivity contribution in [2.24, 2.45) is 0 Å². The fourth-order valence-electron chi connectivity index (χ4n) is 2.20. The van der Waals surface area contributed by atoms with Gasteiger partial charge in [0.15, 0.2) is 0 Å². The number of aryl methyl sites for hydroxylation is 2. The molecule has 2 aliphatic rings. The molecule has 0 fully saturated rings. The number of esters is 1. The van der Waals surface area contributed by atoms with Gasteiger partial charge >= 0.3 is 5.97 Å². The molecule has 0 aliphatic carbocycles. The number of carbonyl (C=O) groups excluding carboxylic acids is 1. The molecule has 0 radical (unpaired) electrons. The van der Waals surface area contributed by atoms with E-state index in [1.165, 1.54) is 13.3 Å². The average Bonchev–Trinajstić information content (AvgIpc) is 3.01. The van der Waals surface area contributed by atoms with E-state index in [1.807, 2.05) is 0 Å². The maximum Gasteiger partial charge on any atom is 0.341 e. The molecule has 9 heteroatoms. The molecule has 0 bridgehead atoms. The lowest BCUT2D eigenvalue weighted by atomic mass is 10.1. The molecule has 0 spiro atoms. The van der Waals surface area contributed by atoms with Crippen LogP contribution in [0.25, 0.3) is 11.3 Å². The molecule has 3 heterocycles. The number of nitrogens with one attached hydrogen (secondary N) is 1. The first kappa shape index (κ1) is 13.0. The van der Waals surface area contributed by atoms with Crippen LogP contribution in [0.2, 0.25) is 0 Å². The van der Waals surface area contributed by atoms with Crippen molar-refractivity contribution < 1.29 is 9.53 Å². The molecule has 0 aromatic carbocycles. The summed E-state index contributed by atoms with van der Waals surface area (Å²) in [5.74, 6) is 0.649. The first-order valence-corrected chi connectivity index (χ1v) is 6.11. The van der Waals surface area contributed by atoms with Crippen LogP contribution in [0.1, 0.15) is 22.0 Å². The van der Waals surface area contributed by atoms with Crippen LogP contribution in [0.15, 0.2) is 17.2 Å². The van der Waals surface area contributed by atoms with Gasteiger partial charge in [0.1, 0.15) is 22.9 Å². The second-order valence-corrected chi connectivity index (χ2v) is 4.46. The molecule has 0 saturated heterocycles. The highest BCUT2D eigenvalue weighted by atomic mass is 16.5. The van der Waals surface area contributed by atoms with Crippen LogP contribution in [-0.4, -0.2) is 42.8 Å². The van der Waals surface area contributed by atoms with Crippen molar-refractivity contribution >= 4 is 5.97 Å². The van der Waals surface area contributed by atoms with Crippen molar-refractivity contribution in [1.82, 2.24) is 29.7 Å². The fourth-order valence-corrected chi connectivity index (χ4v) is 2.20. The number of pyridine rings is 1. The normalized spacial score (nSPS) is 11.0. The largest absolute Gasteiger partial charge is 0.465 e. The molecular weight excluding hydrogens is 276 g/mol. The molecule has 0 atom stereocenters. The van der Waals surface area contributed by atoms with Crippen molar-refractivity contribution in [1.29, 1.82) is 0 Å². The molecule has 21 heavy (non-hydrogen) atoms. The van der Waals surface area contributed by atoms with Crippen LogP contribution in [0, 0.1) is 13.8 Å². The molecule has 1 N–H and O–H groups in total. The molecule has 0 unspecified atom stereocenters. The number of aromatic amines is 1. The number of fused-ring (bicyclic) bond motifs is 1. The number of hydrogen-bond acceptors (Lipinski definition) is 6. The van der Waals surface area contributed by atoms with Gasteiger partial charge in [0.25, 0.3) is 5.56 Å². The highest BCUT2D eigenvalue weighted by Crippen LogP contribution is 2.21. The van der Waals surface area contributed by atoms with Gasteiger partial charge in [-0.25, -0.2) is 14.6 Å². The molecule has 3 rings (SSSR count). The molecule has 2 aliphatic heterocycles. The quantitative estimate of drug-likeness (QED) is 0.664. The number of rotatable bonds is 2. The Kier molecular flexibility index (Phi) is 2.82. The minimum Gasteiger partial charge on any atom is -0.465 e. The summed E-state index contributed by atoms with van der Waals surface area (Å²) in [5, 5.41) is 14.1. The molecule has 1 aromatic heterocycles. The molecular formula is C12H12N6O3. The third-order valence-corrected chi connectivity index (χ3v) is 3.14. The van der Waals surface area contributed by atoms with Gasteiger partial charge in [-0.1, -0.05) is 0 Å². The zero-order chi connectivity index (χ0) is 15.1. The number of aromatic nitrogens is 6. The summed E-state index contributed by atoms with van der Waals surface area (Å²) < 4.78 is 7.97. The Hall–Kier alpha value is -2.97. The molecule has 1 aromatic rings. The minimum atomic E-state index is -0.579. The Balaban J connectivity index is 2.34. The summed E-state index contributed by atoms with van der Waals surface area (Å²) in [6, 6.07) is 0. The van der Waals surface area contributed by atoms with Gasteiger partial charge in [-0.15, -0.1) is 10.2 Å². The second kappa shape index (κ2) is 4.54. The summed E-state index contributed by atoms with van der Waals surface area (Å²) in [7, 11) is 1.27. The number of methoxy groups -OCH3 is 1. The minimum absolute atomic E-state index is 0.181. The maximum atomic E-state index is 11.9. The van der Waals surface area contributed by atoms with Gasteiger partial charge in [-0.2, -0.15) is 5.10 Å². The number of carbonyl (C=O) groups is 1. The monoisotopic (exact) mass is 288 g/mol. The zero-order valence-corrected chi connectivity index (χ0v) is 11.6. The van der Waals surface area contributed by atoms with Gasteiger partial charge < -0.3 is 4.74 Å². The lowest BCUT2D eigenvalue weighted by molar-refractivity contribution is 0.0600. The van der Waals surface area contributed by atoms with Crippen LogP contribution in [0.4, 0.5) is 0 Å². The van der Waals surface area contributed by atoms with Crippen molar-refractivity contribution in [2.75, 3.05) is 7.11 Å². The number of nitrogens with zero attached hydrogens (tertiary/aromatic N) is 5. The topological polar surface area (TPSA) is 108 Å². The third kappa shape index (κ3) is 1.90.